The average Bonchev–Trinajstić information content (AvgIpc) is 2.41. The van der Waals surface area contributed by atoms with Gasteiger partial charge in [-0.25, -0.2) is 4.39 Å². The summed E-state index contributed by atoms with van der Waals surface area (Å²) in [6.45, 7) is 12.0. The number of rotatable bonds is 5. The van der Waals surface area contributed by atoms with Gasteiger partial charge in [-0.3, -0.25) is 4.90 Å². The average molecular weight is 276 g/mol. The molecule has 20 heavy (non-hydrogen) atoms. The predicted molar refractivity (Wildman–Crippen MR) is 82.3 cm³/mol. The molecule has 1 aliphatic heterocycles. The molecule has 0 amide bonds. The number of benzene rings is 1. The number of halogens is 1. The second kappa shape index (κ2) is 7.00. The number of likely N-dealkylation sites (tertiary alicyclic amines) is 1. The fraction of sp³-hybridized carbons (Fsp3) is 0.529. The Morgan fingerprint density at radius 1 is 1.40 bits per heavy atom. The maximum atomic E-state index is 13.2. The quantitative estimate of drug-likeness (QED) is 0.830. The van der Waals surface area contributed by atoms with E-state index < -0.39 is 0 Å². The van der Waals surface area contributed by atoms with Crippen molar-refractivity contribution in [3.8, 4) is 0 Å². The minimum absolute atomic E-state index is 0.123. The zero-order valence-electron chi connectivity index (χ0n) is 12.6. The van der Waals surface area contributed by atoms with Crippen molar-refractivity contribution in [1.29, 1.82) is 0 Å². The molecule has 2 rings (SSSR count). The van der Waals surface area contributed by atoms with Crippen LogP contribution in [0.2, 0.25) is 0 Å². The Morgan fingerprint density at radius 3 is 2.70 bits per heavy atom. The first kappa shape index (κ1) is 15.2. The Morgan fingerprint density at radius 2 is 2.10 bits per heavy atom. The van der Waals surface area contributed by atoms with Gasteiger partial charge in [-0.2, -0.15) is 0 Å². The molecule has 110 valence electrons. The van der Waals surface area contributed by atoms with Crippen molar-refractivity contribution >= 4 is 0 Å². The Labute approximate surface area is 121 Å². The standard InChI is InChI=1S/C17H25FN2/c1-13(2)12-20-8-6-16(7-9-20)19-11-15-4-5-17(18)14(3)10-15/h4-5,10,16,19H,1,6-9,11-12H2,2-3H3. The molecule has 1 aliphatic rings. The number of hydrogen-bond donors (Lipinski definition) is 1. The summed E-state index contributed by atoms with van der Waals surface area (Å²) >= 11 is 0. The number of nitrogens with zero attached hydrogens (tertiary/aromatic N) is 1. The molecular weight excluding hydrogens is 251 g/mol. The maximum Gasteiger partial charge on any atom is 0.126 e. The highest BCUT2D eigenvalue weighted by molar-refractivity contribution is 5.23. The van der Waals surface area contributed by atoms with Gasteiger partial charge < -0.3 is 5.32 Å². The van der Waals surface area contributed by atoms with Gasteiger partial charge in [0.2, 0.25) is 0 Å². The normalized spacial score (nSPS) is 17.4. The third-order valence-electron chi connectivity index (χ3n) is 3.90. The van der Waals surface area contributed by atoms with E-state index in [1.165, 1.54) is 18.4 Å². The van der Waals surface area contributed by atoms with Crippen LogP contribution in [0, 0.1) is 12.7 Å². The summed E-state index contributed by atoms with van der Waals surface area (Å²) in [6.07, 6.45) is 2.35. The highest BCUT2D eigenvalue weighted by Gasteiger charge is 2.18. The second-order valence-corrected chi connectivity index (χ2v) is 5.97. The van der Waals surface area contributed by atoms with Crippen LogP contribution in [0.5, 0.6) is 0 Å². The molecule has 1 fully saturated rings. The van der Waals surface area contributed by atoms with Gasteiger partial charge in [0.15, 0.2) is 0 Å². The monoisotopic (exact) mass is 276 g/mol. The van der Waals surface area contributed by atoms with Gasteiger partial charge in [-0.15, -0.1) is 0 Å². The smallest absolute Gasteiger partial charge is 0.126 e. The van der Waals surface area contributed by atoms with E-state index >= 15 is 0 Å². The molecule has 0 atom stereocenters. The lowest BCUT2D eigenvalue weighted by atomic mass is 10.0. The Bertz CT molecular complexity index is 462. The molecule has 0 bridgehead atoms. The van der Waals surface area contributed by atoms with Crippen molar-refractivity contribution < 1.29 is 4.39 Å². The topological polar surface area (TPSA) is 15.3 Å². The summed E-state index contributed by atoms with van der Waals surface area (Å²) in [6, 6.07) is 5.92. The van der Waals surface area contributed by atoms with Crippen molar-refractivity contribution in [2.24, 2.45) is 0 Å². The maximum absolute atomic E-state index is 13.2. The summed E-state index contributed by atoms with van der Waals surface area (Å²) in [5, 5.41) is 3.59. The van der Waals surface area contributed by atoms with Crippen LogP contribution in [-0.2, 0) is 6.54 Å². The van der Waals surface area contributed by atoms with E-state index in [2.05, 4.69) is 23.7 Å². The van der Waals surface area contributed by atoms with Crippen molar-refractivity contribution in [3.05, 3.63) is 47.3 Å². The highest BCUT2D eigenvalue weighted by Crippen LogP contribution is 2.13. The third kappa shape index (κ3) is 4.43. The molecule has 1 aromatic carbocycles. The summed E-state index contributed by atoms with van der Waals surface area (Å²) in [4.78, 5) is 2.46. The molecule has 0 saturated carbocycles. The Kier molecular flexibility index (Phi) is 5.32. The van der Waals surface area contributed by atoms with E-state index in [0.717, 1.165) is 37.3 Å². The van der Waals surface area contributed by atoms with E-state index in [4.69, 9.17) is 0 Å². The SMILES string of the molecule is C=C(C)CN1CCC(NCc2ccc(F)c(C)c2)CC1. The van der Waals surface area contributed by atoms with Crippen LogP contribution in [0.25, 0.3) is 0 Å². The van der Waals surface area contributed by atoms with Gasteiger partial charge in [0, 0.05) is 19.1 Å². The number of nitrogens with one attached hydrogen (secondary N) is 1. The van der Waals surface area contributed by atoms with Crippen LogP contribution in [0.4, 0.5) is 4.39 Å². The lowest BCUT2D eigenvalue weighted by Crippen LogP contribution is -2.42. The van der Waals surface area contributed by atoms with Crippen molar-refractivity contribution in [1.82, 2.24) is 10.2 Å². The predicted octanol–water partition coefficient (Wildman–Crippen LogP) is 3.26. The molecule has 3 heteroatoms. The van der Waals surface area contributed by atoms with E-state index in [1.807, 2.05) is 19.1 Å². The van der Waals surface area contributed by atoms with E-state index in [-0.39, 0.29) is 5.82 Å². The van der Waals surface area contributed by atoms with Gasteiger partial charge in [0.25, 0.3) is 0 Å². The molecule has 0 aromatic heterocycles. The molecule has 1 heterocycles. The molecule has 1 aromatic rings. The van der Waals surface area contributed by atoms with Crippen LogP contribution < -0.4 is 5.32 Å². The lowest BCUT2D eigenvalue weighted by molar-refractivity contribution is 0.211. The number of aryl methyl sites for hydroxylation is 1. The summed E-state index contributed by atoms with van der Waals surface area (Å²) in [7, 11) is 0. The van der Waals surface area contributed by atoms with Gasteiger partial charge >= 0.3 is 0 Å². The van der Waals surface area contributed by atoms with Crippen molar-refractivity contribution in [2.45, 2.75) is 39.3 Å². The van der Waals surface area contributed by atoms with E-state index in [1.54, 1.807) is 6.07 Å². The first-order chi connectivity index (χ1) is 9.54. The fourth-order valence-electron chi connectivity index (χ4n) is 2.76. The van der Waals surface area contributed by atoms with E-state index in [0.29, 0.717) is 6.04 Å². The van der Waals surface area contributed by atoms with Crippen LogP contribution in [0.3, 0.4) is 0 Å². The zero-order valence-corrected chi connectivity index (χ0v) is 12.6. The summed E-state index contributed by atoms with van der Waals surface area (Å²) in [5.41, 5.74) is 3.12. The Hall–Kier alpha value is -1.19. The second-order valence-electron chi connectivity index (χ2n) is 5.97. The van der Waals surface area contributed by atoms with Crippen LogP contribution in [0.15, 0.2) is 30.4 Å². The minimum Gasteiger partial charge on any atom is -0.310 e. The summed E-state index contributed by atoms with van der Waals surface area (Å²) < 4.78 is 13.2. The Balaban J connectivity index is 1.75. The highest BCUT2D eigenvalue weighted by atomic mass is 19.1. The molecule has 0 radical (unpaired) electrons. The largest absolute Gasteiger partial charge is 0.310 e. The molecule has 2 nitrogen and oxygen atoms in total. The molecule has 1 N–H and O–H groups in total. The zero-order chi connectivity index (χ0) is 14.5. The van der Waals surface area contributed by atoms with Crippen LogP contribution in [0.1, 0.15) is 30.9 Å². The van der Waals surface area contributed by atoms with Crippen molar-refractivity contribution in [2.75, 3.05) is 19.6 Å². The molecule has 1 saturated heterocycles. The third-order valence-corrected chi connectivity index (χ3v) is 3.90. The van der Waals surface area contributed by atoms with Gasteiger partial charge in [-0.05, 0) is 57.0 Å². The van der Waals surface area contributed by atoms with Crippen molar-refractivity contribution in [3.63, 3.8) is 0 Å². The molecule has 0 spiro atoms. The fourth-order valence-corrected chi connectivity index (χ4v) is 2.76. The number of hydrogen-bond acceptors (Lipinski definition) is 2. The van der Waals surface area contributed by atoms with Gasteiger partial charge in [0.05, 0.1) is 0 Å². The lowest BCUT2D eigenvalue weighted by Gasteiger charge is -2.32. The summed E-state index contributed by atoms with van der Waals surface area (Å²) in [5.74, 6) is -0.123. The van der Waals surface area contributed by atoms with E-state index in [9.17, 15) is 4.39 Å². The molecule has 0 aliphatic carbocycles. The van der Waals surface area contributed by atoms with Crippen LogP contribution in [-0.4, -0.2) is 30.6 Å². The number of piperidine rings is 1. The molecular formula is C17H25FN2. The first-order valence-electron chi connectivity index (χ1n) is 7.40. The van der Waals surface area contributed by atoms with Gasteiger partial charge in [-0.1, -0.05) is 24.3 Å². The minimum atomic E-state index is -0.123. The van der Waals surface area contributed by atoms with Gasteiger partial charge in [0.1, 0.15) is 5.82 Å². The molecule has 0 unspecified atom stereocenters. The van der Waals surface area contributed by atoms with Crippen LogP contribution >= 0.6 is 0 Å². The first-order valence-corrected chi connectivity index (χ1v) is 7.40.